The molecule has 0 unspecified atom stereocenters. The van der Waals surface area contributed by atoms with Crippen molar-refractivity contribution < 1.29 is 9.85 Å². The van der Waals surface area contributed by atoms with Crippen LogP contribution in [0.15, 0.2) is 107 Å². The molecule has 0 saturated heterocycles. The van der Waals surface area contributed by atoms with Crippen LogP contribution in [0, 0.1) is 20.2 Å². The highest BCUT2D eigenvalue weighted by atomic mass is 32.2. The summed E-state index contributed by atoms with van der Waals surface area (Å²) in [6.07, 6.45) is 0. The summed E-state index contributed by atoms with van der Waals surface area (Å²) in [5.41, 5.74) is 2.88. The Labute approximate surface area is 182 Å². The van der Waals surface area contributed by atoms with Crippen LogP contribution in [0.3, 0.4) is 0 Å². The zero-order valence-electron chi connectivity index (χ0n) is 16.2. The largest absolute Gasteiger partial charge is 0.277 e. The van der Waals surface area contributed by atoms with Gasteiger partial charge in [0.05, 0.1) is 21.0 Å². The Bertz CT molecular complexity index is 1160. The summed E-state index contributed by atoms with van der Waals surface area (Å²) in [5, 5.41) is 22.5. The van der Waals surface area contributed by atoms with Crippen LogP contribution in [0.25, 0.3) is 22.3 Å². The van der Waals surface area contributed by atoms with Crippen LogP contribution in [0.4, 0.5) is 11.4 Å². The fourth-order valence-electron chi connectivity index (χ4n) is 3.30. The van der Waals surface area contributed by atoms with E-state index in [9.17, 15) is 20.2 Å². The van der Waals surface area contributed by atoms with Crippen molar-refractivity contribution in [1.82, 2.24) is 0 Å². The van der Waals surface area contributed by atoms with Gasteiger partial charge in [0.2, 0.25) is 0 Å². The molecule has 6 nitrogen and oxygen atoms in total. The molecule has 4 aromatic rings. The molecular formula is C24H16N2O4S. The molecule has 152 valence electrons. The molecule has 0 aliphatic heterocycles. The van der Waals surface area contributed by atoms with Crippen molar-refractivity contribution in [3.63, 3.8) is 0 Å². The van der Waals surface area contributed by atoms with E-state index in [0.717, 1.165) is 20.9 Å². The lowest BCUT2D eigenvalue weighted by Gasteiger charge is -2.07. The summed E-state index contributed by atoms with van der Waals surface area (Å²) < 4.78 is 0. The molecule has 0 aromatic heterocycles. The normalized spacial score (nSPS) is 10.6. The maximum Gasteiger partial charge on any atom is 0.277 e. The van der Waals surface area contributed by atoms with Gasteiger partial charge in [-0.1, -0.05) is 60.3 Å². The van der Waals surface area contributed by atoms with E-state index in [4.69, 9.17) is 0 Å². The number of para-hydroxylation sites is 2. The van der Waals surface area contributed by atoms with Crippen molar-refractivity contribution in [2.45, 2.75) is 9.79 Å². The van der Waals surface area contributed by atoms with Crippen LogP contribution < -0.4 is 0 Å². The van der Waals surface area contributed by atoms with Crippen molar-refractivity contribution in [2.75, 3.05) is 0 Å². The van der Waals surface area contributed by atoms with Crippen LogP contribution >= 0.6 is 11.8 Å². The van der Waals surface area contributed by atoms with Gasteiger partial charge < -0.3 is 0 Å². The van der Waals surface area contributed by atoms with Crippen molar-refractivity contribution in [1.29, 1.82) is 0 Å². The zero-order chi connectivity index (χ0) is 21.8. The molecule has 0 aliphatic carbocycles. The van der Waals surface area contributed by atoms with Crippen molar-refractivity contribution in [3.8, 4) is 22.3 Å². The van der Waals surface area contributed by atoms with Gasteiger partial charge in [-0.05, 0) is 47.5 Å². The Morgan fingerprint density at radius 3 is 1.23 bits per heavy atom. The van der Waals surface area contributed by atoms with E-state index in [1.54, 1.807) is 48.2 Å². The minimum absolute atomic E-state index is 0.0773. The third kappa shape index (κ3) is 4.46. The quantitative estimate of drug-likeness (QED) is 0.244. The average molecular weight is 428 g/mol. The summed E-state index contributed by atoms with van der Waals surface area (Å²) in [4.78, 5) is 23.7. The number of nitro groups is 2. The number of benzene rings is 4. The molecule has 0 amide bonds. The van der Waals surface area contributed by atoms with Gasteiger partial charge in [-0.15, -0.1) is 0 Å². The number of hydrogen-bond donors (Lipinski definition) is 0. The van der Waals surface area contributed by atoms with Gasteiger partial charge >= 0.3 is 0 Å². The number of nitro benzene ring substituents is 2. The summed E-state index contributed by atoms with van der Waals surface area (Å²) in [5.74, 6) is 0. The molecular weight excluding hydrogens is 412 g/mol. The molecule has 0 saturated carbocycles. The predicted octanol–water partition coefficient (Wildman–Crippen LogP) is 6.99. The smallest absolute Gasteiger partial charge is 0.258 e. The molecule has 0 fully saturated rings. The van der Waals surface area contributed by atoms with E-state index < -0.39 is 0 Å². The Hall–Kier alpha value is -3.97. The van der Waals surface area contributed by atoms with Crippen LogP contribution in [0.5, 0.6) is 0 Å². The van der Waals surface area contributed by atoms with E-state index in [1.165, 1.54) is 12.1 Å². The maximum atomic E-state index is 11.3. The predicted molar refractivity (Wildman–Crippen MR) is 121 cm³/mol. The van der Waals surface area contributed by atoms with E-state index in [2.05, 4.69) is 0 Å². The summed E-state index contributed by atoms with van der Waals surface area (Å²) in [7, 11) is 0. The Morgan fingerprint density at radius 2 is 0.871 bits per heavy atom. The lowest BCUT2D eigenvalue weighted by Crippen LogP contribution is -1.91. The lowest BCUT2D eigenvalue weighted by atomic mass is 10.0. The third-order valence-corrected chi connectivity index (χ3v) is 5.78. The molecule has 0 heterocycles. The highest BCUT2D eigenvalue weighted by Gasteiger charge is 2.15. The number of rotatable bonds is 6. The van der Waals surface area contributed by atoms with Crippen molar-refractivity contribution in [2.24, 2.45) is 0 Å². The van der Waals surface area contributed by atoms with Gasteiger partial charge in [-0.25, -0.2) is 0 Å². The SMILES string of the molecule is O=[N+]([O-])c1ccccc1-c1ccc(Sc2ccc(-c3ccccc3[N+](=O)[O-])cc2)cc1. The molecule has 7 heteroatoms. The van der Waals surface area contributed by atoms with Crippen LogP contribution in [-0.2, 0) is 0 Å². The van der Waals surface area contributed by atoms with Gasteiger partial charge in [0.1, 0.15) is 0 Å². The fraction of sp³-hybridized carbons (Fsp3) is 0. The highest BCUT2D eigenvalue weighted by Crippen LogP contribution is 2.35. The average Bonchev–Trinajstić information content (AvgIpc) is 2.80. The molecule has 0 radical (unpaired) electrons. The van der Waals surface area contributed by atoms with Crippen LogP contribution in [0.1, 0.15) is 0 Å². The topological polar surface area (TPSA) is 86.3 Å². The third-order valence-electron chi connectivity index (χ3n) is 4.77. The standard InChI is InChI=1S/C24H16N2O4S/c27-25(28)23-7-3-1-5-21(23)17-9-13-19(14-10-17)31-20-15-11-18(12-16-20)22-6-2-4-8-24(22)26(29)30/h1-16H. The monoisotopic (exact) mass is 428 g/mol. The van der Waals surface area contributed by atoms with Crippen LogP contribution in [-0.4, -0.2) is 9.85 Å². The fourth-order valence-corrected chi connectivity index (χ4v) is 4.11. The van der Waals surface area contributed by atoms with Gasteiger partial charge in [-0.2, -0.15) is 0 Å². The second kappa shape index (κ2) is 8.81. The van der Waals surface area contributed by atoms with Crippen LogP contribution in [0.2, 0.25) is 0 Å². The van der Waals surface area contributed by atoms with Gasteiger partial charge in [0.25, 0.3) is 11.4 Å². The molecule has 4 rings (SSSR count). The molecule has 0 aliphatic rings. The molecule has 0 atom stereocenters. The summed E-state index contributed by atoms with van der Waals surface area (Å²) in [6.45, 7) is 0. The van der Waals surface area contributed by atoms with E-state index in [0.29, 0.717) is 11.1 Å². The molecule has 4 aromatic carbocycles. The molecule has 0 N–H and O–H groups in total. The Morgan fingerprint density at radius 1 is 0.516 bits per heavy atom. The minimum Gasteiger partial charge on any atom is -0.258 e. The second-order valence-electron chi connectivity index (χ2n) is 6.70. The van der Waals surface area contributed by atoms with Gasteiger partial charge in [0, 0.05) is 21.9 Å². The summed E-state index contributed by atoms with van der Waals surface area (Å²) in [6, 6.07) is 28.5. The van der Waals surface area contributed by atoms with E-state index in [1.807, 2.05) is 48.5 Å². The molecule has 31 heavy (non-hydrogen) atoms. The number of nitrogens with zero attached hydrogens (tertiary/aromatic N) is 2. The van der Waals surface area contributed by atoms with Crippen molar-refractivity contribution in [3.05, 3.63) is 117 Å². The zero-order valence-corrected chi connectivity index (χ0v) is 17.0. The molecule has 0 spiro atoms. The van der Waals surface area contributed by atoms with Gasteiger partial charge in [-0.3, -0.25) is 20.2 Å². The first-order valence-electron chi connectivity index (χ1n) is 9.38. The first-order valence-corrected chi connectivity index (χ1v) is 10.2. The van der Waals surface area contributed by atoms with E-state index in [-0.39, 0.29) is 21.2 Å². The van der Waals surface area contributed by atoms with Crippen molar-refractivity contribution >= 4 is 23.1 Å². The number of hydrogen-bond acceptors (Lipinski definition) is 5. The minimum atomic E-state index is -0.378. The summed E-state index contributed by atoms with van der Waals surface area (Å²) >= 11 is 1.55. The Balaban J connectivity index is 1.53. The Kier molecular flexibility index (Phi) is 5.77. The highest BCUT2D eigenvalue weighted by molar-refractivity contribution is 7.99. The first kappa shape index (κ1) is 20.3. The molecule has 0 bridgehead atoms. The van der Waals surface area contributed by atoms with Gasteiger partial charge in [0.15, 0.2) is 0 Å². The van der Waals surface area contributed by atoms with E-state index >= 15 is 0 Å². The lowest BCUT2D eigenvalue weighted by molar-refractivity contribution is -0.384. The second-order valence-corrected chi connectivity index (χ2v) is 7.85. The maximum absolute atomic E-state index is 11.3. The first-order chi connectivity index (χ1) is 15.0.